The monoisotopic (exact) mass is 256 g/mol. The van der Waals surface area contributed by atoms with E-state index in [1.165, 1.54) is 6.42 Å². The summed E-state index contributed by atoms with van der Waals surface area (Å²) in [5, 5.41) is 0. The van der Waals surface area contributed by atoms with Crippen LogP contribution in [0.25, 0.3) is 0 Å². The molecule has 1 aliphatic heterocycles. The Morgan fingerprint density at radius 3 is 3.00 bits per heavy atom. The van der Waals surface area contributed by atoms with Crippen molar-refractivity contribution in [3.63, 3.8) is 0 Å². The molecule has 0 aromatic carbocycles. The zero-order valence-electron chi connectivity index (χ0n) is 10.3. The third kappa shape index (κ3) is 8.26. The number of halogens is 1. The van der Waals surface area contributed by atoms with Gasteiger partial charge in [-0.15, -0.1) is 11.6 Å². The van der Waals surface area contributed by atoms with E-state index in [4.69, 9.17) is 21.1 Å². The molecule has 1 unspecified atom stereocenters. The summed E-state index contributed by atoms with van der Waals surface area (Å²) in [5.41, 5.74) is 0. The van der Waals surface area contributed by atoms with Crippen LogP contribution in [0.1, 0.15) is 38.5 Å². The molecule has 2 nitrogen and oxygen atoms in total. The first-order valence-electron chi connectivity index (χ1n) is 6.33. The van der Waals surface area contributed by atoms with E-state index in [9.17, 15) is 0 Å². The van der Waals surface area contributed by atoms with E-state index in [0.29, 0.717) is 6.61 Å². The third-order valence-corrected chi connectivity index (χ3v) is 2.76. The molecule has 0 aliphatic carbocycles. The van der Waals surface area contributed by atoms with Crippen molar-refractivity contribution < 1.29 is 9.47 Å². The average molecular weight is 257 g/mol. The molecular formula is C14H21ClO2. The highest BCUT2D eigenvalue weighted by Gasteiger charge is 2.12. The van der Waals surface area contributed by atoms with Gasteiger partial charge in [-0.3, -0.25) is 0 Å². The third-order valence-electron chi connectivity index (χ3n) is 2.50. The number of rotatable bonds is 6. The maximum Gasteiger partial charge on any atom is 0.158 e. The molecule has 0 aromatic rings. The second-order valence-electron chi connectivity index (χ2n) is 3.97. The highest BCUT2D eigenvalue weighted by Crippen LogP contribution is 2.12. The summed E-state index contributed by atoms with van der Waals surface area (Å²) in [6.45, 7) is 1.29. The van der Waals surface area contributed by atoms with E-state index in [2.05, 4.69) is 24.0 Å². The summed E-state index contributed by atoms with van der Waals surface area (Å²) < 4.78 is 10.9. The van der Waals surface area contributed by atoms with Gasteiger partial charge < -0.3 is 9.47 Å². The van der Waals surface area contributed by atoms with Gasteiger partial charge in [0.05, 0.1) is 0 Å². The number of unbranched alkanes of at least 4 members (excludes halogenated alkanes) is 1. The molecule has 17 heavy (non-hydrogen) atoms. The first kappa shape index (κ1) is 14.6. The van der Waals surface area contributed by atoms with E-state index < -0.39 is 0 Å². The molecule has 1 aliphatic rings. The molecule has 0 amide bonds. The van der Waals surface area contributed by atoms with Crippen LogP contribution < -0.4 is 0 Å². The van der Waals surface area contributed by atoms with Crippen LogP contribution in [-0.4, -0.2) is 25.4 Å². The van der Waals surface area contributed by atoms with Crippen molar-refractivity contribution in [3.05, 3.63) is 12.2 Å². The van der Waals surface area contributed by atoms with Gasteiger partial charge in [0.1, 0.15) is 6.61 Å². The fourth-order valence-electron chi connectivity index (χ4n) is 1.56. The van der Waals surface area contributed by atoms with Crippen LogP contribution in [-0.2, 0) is 9.47 Å². The van der Waals surface area contributed by atoms with Crippen LogP contribution in [0.2, 0.25) is 0 Å². The second-order valence-corrected chi connectivity index (χ2v) is 4.35. The minimum Gasteiger partial charge on any atom is -0.353 e. The Bertz CT molecular complexity index is 259. The molecule has 1 rings (SSSR count). The van der Waals surface area contributed by atoms with Gasteiger partial charge in [-0.1, -0.05) is 24.0 Å². The number of allylic oxidation sites excluding steroid dienone is 2. The summed E-state index contributed by atoms with van der Waals surface area (Å²) in [6.07, 6.45) is 10.4. The SMILES string of the molecule is ClCCC/C=C/CC#CCOC1CCCCO1. The molecule has 1 fully saturated rings. The molecule has 0 aromatic heterocycles. The largest absolute Gasteiger partial charge is 0.353 e. The van der Waals surface area contributed by atoms with Crippen molar-refractivity contribution in [1.82, 2.24) is 0 Å². The van der Waals surface area contributed by atoms with Crippen molar-refractivity contribution >= 4 is 11.6 Å². The lowest BCUT2D eigenvalue weighted by Crippen LogP contribution is -2.22. The van der Waals surface area contributed by atoms with Crippen LogP contribution in [0, 0.1) is 11.8 Å². The fraction of sp³-hybridized carbons (Fsp3) is 0.714. The molecule has 1 saturated heterocycles. The molecule has 1 atom stereocenters. The van der Waals surface area contributed by atoms with Gasteiger partial charge in [0, 0.05) is 18.9 Å². The Labute approximate surface area is 109 Å². The van der Waals surface area contributed by atoms with Crippen molar-refractivity contribution in [2.45, 2.75) is 44.8 Å². The lowest BCUT2D eigenvalue weighted by atomic mass is 10.2. The molecule has 0 N–H and O–H groups in total. The standard InChI is InChI=1S/C14H21ClO2/c15-11-7-4-2-1-3-5-8-12-16-14-10-6-9-13-17-14/h1-2,14H,3-4,6-7,9-13H2/b2-1+. The second kappa shape index (κ2) is 10.7. The van der Waals surface area contributed by atoms with E-state index in [-0.39, 0.29) is 6.29 Å². The number of ether oxygens (including phenoxy) is 2. The minimum absolute atomic E-state index is 0.0303. The maximum absolute atomic E-state index is 5.57. The maximum atomic E-state index is 5.57. The van der Waals surface area contributed by atoms with Crippen LogP contribution >= 0.6 is 11.6 Å². The first-order valence-corrected chi connectivity index (χ1v) is 6.87. The topological polar surface area (TPSA) is 18.5 Å². The van der Waals surface area contributed by atoms with Gasteiger partial charge in [0.2, 0.25) is 0 Å². The Hall–Kier alpha value is -0.490. The quantitative estimate of drug-likeness (QED) is 0.313. The molecule has 96 valence electrons. The lowest BCUT2D eigenvalue weighted by Gasteiger charge is -2.21. The number of hydrogen-bond acceptors (Lipinski definition) is 2. The van der Waals surface area contributed by atoms with E-state index in [1.54, 1.807) is 0 Å². The van der Waals surface area contributed by atoms with E-state index >= 15 is 0 Å². The van der Waals surface area contributed by atoms with Gasteiger partial charge in [0.15, 0.2) is 6.29 Å². The molecule has 3 heteroatoms. The summed E-state index contributed by atoms with van der Waals surface area (Å²) in [4.78, 5) is 0. The highest BCUT2D eigenvalue weighted by molar-refractivity contribution is 6.17. The smallest absolute Gasteiger partial charge is 0.158 e. The van der Waals surface area contributed by atoms with Crippen molar-refractivity contribution in [2.75, 3.05) is 19.1 Å². The van der Waals surface area contributed by atoms with Crippen LogP contribution in [0.5, 0.6) is 0 Å². The summed E-state index contributed by atoms with van der Waals surface area (Å²) in [6, 6.07) is 0. The van der Waals surface area contributed by atoms with Gasteiger partial charge in [-0.05, 0) is 32.1 Å². The van der Waals surface area contributed by atoms with Gasteiger partial charge in [0.25, 0.3) is 0 Å². The van der Waals surface area contributed by atoms with Gasteiger partial charge in [-0.25, -0.2) is 0 Å². The first-order chi connectivity index (χ1) is 8.43. The summed E-state index contributed by atoms with van der Waals surface area (Å²) >= 11 is 5.57. The molecule has 0 saturated carbocycles. The van der Waals surface area contributed by atoms with Crippen molar-refractivity contribution in [3.8, 4) is 11.8 Å². The average Bonchev–Trinajstić information content (AvgIpc) is 2.38. The molecule has 0 bridgehead atoms. The minimum atomic E-state index is -0.0303. The lowest BCUT2D eigenvalue weighted by molar-refractivity contribution is -0.154. The Balaban J connectivity index is 1.96. The van der Waals surface area contributed by atoms with Crippen LogP contribution in [0.15, 0.2) is 12.2 Å². The zero-order valence-corrected chi connectivity index (χ0v) is 11.0. The fourth-order valence-corrected chi connectivity index (χ4v) is 1.71. The van der Waals surface area contributed by atoms with Gasteiger partial charge in [-0.2, -0.15) is 0 Å². The molecular weight excluding hydrogens is 236 g/mol. The predicted molar refractivity (Wildman–Crippen MR) is 71.0 cm³/mol. The zero-order chi connectivity index (χ0) is 12.2. The number of alkyl halides is 1. The van der Waals surface area contributed by atoms with Crippen LogP contribution in [0.4, 0.5) is 0 Å². The van der Waals surface area contributed by atoms with Crippen molar-refractivity contribution in [1.29, 1.82) is 0 Å². The molecule has 0 radical (unpaired) electrons. The van der Waals surface area contributed by atoms with Crippen molar-refractivity contribution in [2.24, 2.45) is 0 Å². The van der Waals surface area contributed by atoms with Gasteiger partial charge >= 0.3 is 0 Å². The van der Waals surface area contributed by atoms with Crippen LogP contribution in [0.3, 0.4) is 0 Å². The molecule has 1 heterocycles. The summed E-state index contributed by atoms with van der Waals surface area (Å²) in [5.74, 6) is 6.77. The normalized spacial score (nSPS) is 20.2. The predicted octanol–water partition coefficient (Wildman–Crippen LogP) is 3.50. The summed E-state index contributed by atoms with van der Waals surface area (Å²) in [7, 11) is 0. The highest BCUT2D eigenvalue weighted by atomic mass is 35.5. The Morgan fingerprint density at radius 1 is 1.29 bits per heavy atom. The molecule has 0 spiro atoms. The van der Waals surface area contributed by atoms with E-state index in [1.807, 2.05) is 0 Å². The Morgan fingerprint density at radius 2 is 2.24 bits per heavy atom. The van der Waals surface area contributed by atoms with E-state index in [0.717, 1.165) is 44.6 Å². The Kier molecular flexibility index (Phi) is 9.13. The number of hydrogen-bond donors (Lipinski definition) is 0.